The zero-order valence-electron chi connectivity index (χ0n) is 16.2. The molecule has 8 nitrogen and oxygen atoms in total. The second kappa shape index (κ2) is 9.28. The molecular formula is C20H17F3N4O4. The van der Waals surface area contributed by atoms with E-state index in [1.54, 1.807) is 25.1 Å². The third kappa shape index (κ3) is 5.81. The van der Waals surface area contributed by atoms with Crippen LogP contribution in [0.2, 0.25) is 0 Å². The van der Waals surface area contributed by atoms with E-state index in [4.69, 9.17) is 9.47 Å². The van der Waals surface area contributed by atoms with Crippen LogP contribution in [0, 0.1) is 6.92 Å². The van der Waals surface area contributed by atoms with Crippen LogP contribution in [0.1, 0.15) is 11.1 Å². The smallest absolute Gasteiger partial charge is 0.416 e. The van der Waals surface area contributed by atoms with Crippen LogP contribution < -0.4 is 10.1 Å². The Morgan fingerprint density at radius 2 is 1.90 bits per heavy atom. The van der Waals surface area contributed by atoms with Crippen LogP contribution in [0.25, 0.3) is 5.69 Å². The molecule has 0 aliphatic carbocycles. The Kier molecular flexibility index (Phi) is 6.53. The van der Waals surface area contributed by atoms with E-state index >= 15 is 0 Å². The number of nitrogens with one attached hydrogen (secondary N) is 1. The first kappa shape index (κ1) is 21.8. The number of ether oxygens (including phenoxy) is 2. The first-order valence-electron chi connectivity index (χ1n) is 8.94. The van der Waals surface area contributed by atoms with E-state index < -0.39 is 36.8 Å². The highest BCUT2D eigenvalue weighted by Crippen LogP contribution is 2.33. The number of hydrogen-bond donors (Lipinski definition) is 1. The van der Waals surface area contributed by atoms with Crippen molar-refractivity contribution in [3.05, 3.63) is 66.2 Å². The zero-order chi connectivity index (χ0) is 22.4. The number of anilines is 1. The number of carbonyl (C=O) groups excluding carboxylic acids is 2. The third-order valence-corrected chi connectivity index (χ3v) is 4.07. The van der Waals surface area contributed by atoms with Gasteiger partial charge in [-0.1, -0.05) is 18.2 Å². The van der Waals surface area contributed by atoms with Crippen LogP contribution in [-0.2, 0) is 20.5 Å². The Labute approximate surface area is 174 Å². The van der Waals surface area contributed by atoms with Gasteiger partial charge in [0.15, 0.2) is 13.2 Å². The summed E-state index contributed by atoms with van der Waals surface area (Å²) < 4.78 is 50.5. The molecule has 0 saturated heterocycles. The molecule has 162 valence electrons. The largest absolute Gasteiger partial charge is 0.482 e. The highest BCUT2D eigenvalue weighted by atomic mass is 19.4. The average molecular weight is 434 g/mol. The Bertz CT molecular complexity index is 1070. The van der Waals surface area contributed by atoms with Gasteiger partial charge in [-0.15, -0.1) is 0 Å². The maximum atomic E-state index is 13.1. The summed E-state index contributed by atoms with van der Waals surface area (Å²) in [5.41, 5.74) is -0.154. The maximum absolute atomic E-state index is 13.1. The van der Waals surface area contributed by atoms with Crippen LogP contribution in [0.4, 0.5) is 18.9 Å². The molecule has 11 heteroatoms. The summed E-state index contributed by atoms with van der Waals surface area (Å²) in [4.78, 5) is 27.7. The van der Waals surface area contributed by atoms with E-state index in [9.17, 15) is 22.8 Å². The summed E-state index contributed by atoms with van der Waals surface area (Å²) >= 11 is 0. The SMILES string of the molecule is Cc1ccccc1OCC(=O)OCC(=O)Nc1cc(C(F)(F)F)ccc1-n1cncn1. The number of benzene rings is 2. The summed E-state index contributed by atoms with van der Waals surface area (Å²) in [6, 6.07) is 9.79. The second-order valence-corrected chi connectivity index (χ2v) is 6.33. The lowest BCUT2D eigenvalue weighted by Crippen LogP contribution is -2.24. The molecule has 3 aromatic rings. The lowest BCUT2D eigenvalue weighted by atomic mass is 10.1. The Hall–Kier alpha value is -3.89. The number of hydrogen-bond acceptors (Lipinski definition) is 6. The first-order chi connectivity index (χ1) is 14.7. The molecule has 0 unspecified atom stereocenters. The summed E-state index contributed by atoms with van der Waals surface area (Å²) in [7, 11) is 0. The van der Waals surface area contributed by atoms with E-state index in [0.29, 0.717) is 5.75 Å². The van der Waals surface area contributed by atoms with Crippen molar-refractivity contribution in [1.82, 2.24) is 14.8 Å². The fourth-order valence-corrected chi connectivity index (χ4v) is 2.57. The Morgan fingerprint density at radius 1 is 1.13 bits per heavy atom. The van der Waals surface area contributed by atoms with Crippen molar-refractivity contribution in [2.24, 2.45) is 0 Å². The molecule has 0 saturated carbocycles. The number of nitrogens with zero attached hydrogens (tertiary/aromatic N) is 3. The van der Waals surface area contributed by atoms with Crippen molar-refractivity contribution in [2.75, 3.05) is 18.5 Å². The number of alkyl halides is 3. The van der Waals surface area contributed by atoms with Crippen molar-refractivity contribution in [3.8, 4) is 11.4 Å². The van der Waals surface area contributed by atoms with Crippen LogP contribution in [0.3, 0.4) is 0 Å². The predicted octanol–water partition coefficient (Wildman–Crippen LogP) is 3.16. The Morgan fingerprint density at radius 3 is 2.58 bits per heavy atom. The summed E-state index contributed by atoms with van der Waals surface area (Å²) in [6.07, 6.45) is -2.15. The number of rotatable bonds is 7. The van der Waals surface area contributed by atoms with Crippen LogP contribution >= 0.6 is 0 Å². The maximum Gasteiger partial charge on any atom is 0.416 e. The molecule has 0 aliphatic rings. The molecule has 3 rings (SSSR count). The molecule has 0 bridgehead atoms. The Balaban J connectivity index is 1.63. The summed E-state index contributed by atoms with van der Waals surface area (Å²) in [5.74, 6) is -1.14. The number of amides is 1. The van der Waals surface area contributed by atoms with Gasteiger partial charge in [-0.2, -0.15) is 18.3 Å². The van der Waals surface area contributed by atoms with E-state index in [0.717, 1.165) is 23.8 Å². The minimum Gasteiger partial charge on any atom is -0.482 e. The van der Waals surface area contributed by atoms with Gasteiger partial charge in [0.1, 0.15) is 18.4 Å². The molecular weight excluding hydrogens is 417 g/mol. The molecule has 0 fully saturated rings. The fourth-order valence-electron chi connectivity index (χ4n) is 2.57. The van der Waals surface area contributed by atoms with E-state index in [1.807, 2.05) is 6.07 Å². The van der Waals surface area contributed by atoms with Gasteiger partial charge < -0.3 is 14.8 Å². The van der Waals surface area contributed by atoms with Gasteiger partial charge >= 0.3 is 12.1 Å². The molecule has 0 radical (unpaired) electrons. The van der Waals surface area contributed by atoms with Crippen molar-refractivity contribution in [3.63, 3.8) is 0 Å². The third-order valence-electron chi connectivity index (χ3n) is 4.07. The minimum atomic E-state index is -4.61. The van der Waals surface area contributed by atoms with Gasteiger partial charge in [0, 0.05) is 0 Å². The molecule has 0 spiro atoms. The van der Waals surface area contributed by atoms with Gasteiger partial charge in [0.05, 0.1) is 16.9 Å². The molecule has 1 heterocycles. The topological polar surface area (TPSA) is 95.3 Å². The van der Waals surface area contributed by atoms with E-state index in [1.165, 1.54) is 17.3 Å². The number of carbonyl (C=O) groups is 2. The standard InChI is InChI=1S/C20H17F3N4O4/c1-13-4-2-3-5-17(13)30-10-19(29)31-9-18(28)26-15-8-14(20(21,22)23)6-7-16(15)27-12-24-11-25-27/h2-8,11-12H,9-10H2,1H3,(H,26,28). The normalized spacial score (nSPS) is 11.1. The summed E-state index contributed by atoms with van der Waals surface area (Å²) in [6.45, 7) is 0.671. The molecule has 2 aromatic carbocycles. The number of halogens is 3. The lowest BCUT2D eigenvalue weighted by molar-refractivity contribution is -0.149. The molecule has 1 aromatic heterocycles. The number of aryl methyl sites for hydroxylation is 1. The van der Waals surface area contributed by atoms with Gasteiger partial charge in [-0.25, -0.2) is 14.5 Å². The number of aromatic nitrogens is 3. The number of para-hydroxylation sites is 1. The number of esters is 1. The van der Waals surface area contributed by atoms with Gasteiger partial charge in [-0.3, -0.25) is 4.79 Å². The molecule has 0 atom stereocenters. The summed E-state index contributed by atoms with van der Waals surface area (Å²) in [5, 5.41) is 6.16. The monoisotopic (exact) mass is 434 g/mol. The van der Waals surface area contributed by atoms with Crippen molar-refractivity contribution < 1.29 is 32.2 Å². The molecule has 0 aliphatic heterocycles. The van der Waals surface area contributed by atoms with Crippen LogP contribution in [-0.4, -0.2) is 39.9 Å². The van der Waals surface area contributed by atoms with Gasteiger partial charge in [-0.05, 0) is 36.8 Å². The van der Waals surface area contributed by atoms with Crippen molar-refractivity contribution in [1.29, 1.82) is 0 Å². The van der Waals surface area contributed by atoms with Crippen molar-refractivity contribution >= 4 is 17.6 Å². The molecule has 31 heavy (non-hydrogen) atoms. The second-order valence-electron chi connectivity index (χ2n) is 6.33. The van der Waals surface area contributed by atoms with Gasteiger partial charge in [0.25, 0.3) is 5.91 Å². The zero-order valence-corrected chi connectivity index (χ0v) is 16.2. The van der Waals surface area contributed by atoms with Crippen LogP contribution in [0.5, 0.6) is 5.75 Å². The average Bonchev–Trinajstić information content (AvgIpc) is 3.25. The predicted molar refractivity (Wildman–Crippen MR) is 103 cm³/mol. The minimum absolute atomic E-state index is 0.160. The lowest BCUT2D eigenvalue weighted by Gasteiger charge is -2.14. The fraction of sp³-hybridized carbons (Fsp3) is 0.200. The van der Waals surface area contributed by atoms with Crippen LogP contribution in [0.15, 0.2) is 55.1 Å². The highest BCUT2D eigenvalue weighted by Gasteiger charge is 2.31. The highest BCUT2D eigenvalue weighted by molar-refractivity contribution is 5.94. The molecule has 1 amide bonds. The van der Waals surface area contributed by atoms with E-state index in [-0.39, 0.29) is 11.4 Å². The quantitative estimate of drug-likeness (QED) is 0.574. The molecule has 1 N–H and O–H groups in total. The van der Waals surface area contributed by atoms with Gasteiger partial charge in [0.2, 0.25) is 0 Å². The van der Waals surface area contributed by atoms with Crippen molar-refractivity contribution in [2.45, 2.75) is 13.1 Å². The van der Waals surface area contributed by atoms with E-state index in [2.05, 4.69) is 15.4 Å². The first-order valence-corrected chi connectivity index (χ1v) is 8.94.